The van der Waals surface area contributed by atoms with E-state index in [9.17, 15) is 4.79 Å². The Labute approximate surface area is 160 Å². The topological polar surface area (TPSA) is 68.0 Å². The molecule has 0 spiro atoms. The van der Waals surface area contributed by atoms with E-state index in [0.717, 1.165) is 11.1 Å². The van der Waals surface area contributed by atoms with Crippen molar-refractivity contribution in [1.82, 2.24) is 10.1 Å². The summed E-state index contributed by atoms with van der Waals surface area (Å²) in [6, 6.07) is 23.5. The zero-order valence-electron chi connectivity index (χ0n) is 14.1. The molecule has 0 bridgehead atoms. The van der Waals surface area contributed by atoms with Crippen molar-refractivity contribution in [2.45, 2.75) is 0 Å². The van der Waals surface area contributed by atoms with E-state index in [-0.39, 0.29) is 5.91 Å². The highest BCUT2D eigenvalue weighted by atomic mass is 35.5. The van der Waals surface area contributed by atoms with Crippen LogP contribution < -0.4 is 5.32 Å². The van der Waals surface area contributed by atoms with Gasteiger partial charge in [-0.2, -0.15) is 4.98 Å². The Balaban J connectivity index is 1.48. The van der Waals surface area contributed by atoms with Gasteiger partial charge in [0.2, 0.25) is 5.82 Å². The van der Waals surface area contributed by atoms with E-state index >= 15 is 0 Å². The zero-order valence-corrected chi connectivity index (χ0v) is 14.9. The molecule has 27 heavy (non-hydrogen) atoms. The molecule has 1 amide bonds. The molecule has 0 aliphatic carbocycles. The zero-order chi connectivity index (χ0) is 18.6. The molecule has 1 heterocycles. The molecule has 6 heteroatoms. The second-order valence-electron chi connectivity index (χ2n) is 5.83. The van der Waals surface area contributed by atoms with Gasteiger partial charge >= 0.3 is 0 Å². The van der Waals surface area contributed by atoms with Gasteiger partial charge in [-0.1, -0.05) is 47.1 Å². The molecular formula is C21H14ClN3O2. The van der Waals surface area contributed by atoms with Gasteiger partial charge in [0, 0.05) is 27.4 Å². The molecule has 132 valence electrons. The normalized spacial score (nSPS) is 10.6. The van der Waals surface area contributed by atoms with Crippen molar-refractivity contribution in [2.75, 3.05) is 5.32 Å². The number of nitrogens with one attached hydrogen (secondary N) is 1. The molecule has 0 aliphatic heterocycles. The van der Waals surface area contributed by atoms with Crippen molar-refractivity contribution < 1.29 is 9.32 Å². The quantitative estimate of drug-likeness (QED) is 0.525. The van der Waals surface area contributed by atoms with Crippen LogP contribution in [0.15, 0.2) is 83.4 Å². The number of aromatic nitrogens is 2. The summed E-state index contributed by atoms with van der Waals surface area (Å²) in [7, 11) is 0. The molecule has 0 fully saturated rings. The Hall–Kier alpha value is -3.44. The smallest absolute Gasteiger partial charge is 0.258 e. The van der Waals surface area contributed by atoms with Crippen molar-refractivity contribution in [3.8, 4) is 22.8 Å². The first-order chi connectivity index (χ1) is 13.2. The van der Waals surface area contributed by atoms with Crippen LogP contribution in [0.5, 0.6) is 0 Å². The van der Waals surface area contributed by atoms with Gasteiger partial charge in [-0.25, -0.2) is 0 Å². The van der Waals surface area contributed by atoms with Gasteiger partial charge in [0.1, 0.15) is 0 Å². The monoisotopic (exact) mass is 375 g/mol. The molecule has 5 nitrogen and oxygen atoms in total. The van der Waals surface area contributed by atoms with E-state index < -0.39 is 0 Å². The molecule has 0 saturated carbocycles. The van der Waals surface area contributed by atoms with E-state index in [1.54, 1.807) is 36.4 Å². The molecule has 4 aromatic rings. The highest BCUT2D eigenvalue weighted by Gasteiger charge is 2.11. The summed E-state index contributed by atoms with van der Waals surface area (Å²) >= 11 is 5.84. The summed E-state index contributed by atoms with van der Waals surface area (Å²) < 4.78 is 5.35. The van der Waals surface area contributed by atoms with E-state index in [4.69, 9.17) is 16.1 Å². The number of carbonyl (C=O) groups excluding carboxylic acids is 1. The minimum Gasteiger partial charge on any atom is -0.334 e. The Bertz CT molecular complexity index is 1060. The molecule has 0 atom stereocenters. The van der Waals surface area contributed by atoms with E-state index in [1.807, 2.05) is 42.5 Å². The van der Waals surface area contributed by atoms with Gasteiger partial charge in [0.15, 0.2) is 0 Å². The third-order valence-corrected chi connectivity index (χ3v) is 4.21. The van der Waals surface area contributed by atoms with Crippen molar-refractivity contribution in [2.24, 2.45) is 0 Å². The number of amides is 1. The van der Waals surface area contributed by atoms with Gasteiger partial charge in [0.25, 0.3) is 11.8 Å². The minimum absolute atomic E-state index is 0.205. The number of anilines is 1. The SMILES string of the molecule is O=C(Nc1ccc(-c2nc(-c3ccccc3)no2)cc1)c1ccc(Cl)cc1. The first kappa shape index (κ1) is 17.0. The minimum atomic E-state index is -0.205. The summed E-state index contributed by atoms with van der Waals surface area (Å²) in [5, 5.41) is 7.44. The summed E-state index contributed by atoms with van der Waals surface area (Å²) in [6.07, 6.45) is 0. The fourth-order valence-corrected chi connectivity index (χ4v) is 2.67. The number of rotatable bonds is 4. The average Bonchev–Trinajstić information content (AvgIpc) is 3.20. The number of carbonyl (C=O) groups is 1. The van der Waals surface area contributed by atoms with Crippen LogP contribution in [-0.4, -0.2) is 16.0 Å². The fraction of sp³-hybridized carbons (Fsp3) is 0. The van der Waals surface area contributed by atoms with Crippen LogP contribution in [0.1, 0.15) is 10.4 Å². The highest BCUT2D eigenvalue weighted by Crippen LogP contribution is 2.23. The Kier molecular flexibility index (Phi) is 4.68. The standard InChI is InChI=1S/C21H14ClN3O2/c22-17-10-6-15(7-11-17)20(26)23-18-12-8-16(9-13-18)21-24-19(25-27-21)14-4-2-1-3-5-14/h1-13H,(H,23,26). The predicted molar refractivity (Wildman–Crippen MR) is 105 cm³/mol. The number of nitrogens with zero attached hydrogens (tertiary/aromatic N) is 2. The maximum atomic E-state index is 12.2. The van der Waals surface area contributed by atoms with Gasteiger partial charge in [-0.05, 0) is 48.5 Å². The van der Waals surface area contributed by atoms with Crippen LogP contribution in [0, 0.1) is 0 Å². The average molecular weight is 376 g/mol. The van der Waals surface area contributed by atoms with E-state index in [0.29, 0.717) is 28.0 Å². The molecule has 0 radical (unpaired) electrons. The predicted octanol–water partition coefficient (Wildman–Crippen LogP) is 5.31. The lowest BCUT2D eigenvalue weighted by Gasteiger charge is -2.05. The van der Waals surface area contributed by atoms with Crippen LogP contribution in [-0.2, 0) is 0 Å². The first-order valence-corrected chi connectivity index (χ1v) is 8.63. The van der Waals surface area contributed by atoms with Crippen molar-refractivity contribution in [1.29, 1.82) is 0 Å². The van der Waals surface area contributed by atoms with Crippen LogP contribution in [0.2, 0.25) is 5.02 Å². The molecule has 0 unspecified atom stereocenters. The van der Waals surface area contributed by atoms with E-state index in [1.165, 1.54) is 0 Å². The maximum absolute atomic E-state index is 12.2. The highest BCUT2D eigenvalue weighted by molar-refractivity contribution is 6.30. The maximum Gasteiger partial charge on any atom is 0.258 e. The largest absolute Gasteiger partial charge is 0.334 e. The number of hydrogen-bond acceptors (Lipinski definition) is 4. The van der Waals surface area contributed by atoms with E-state index in [2.05, 4.69) is 15.5 Å². The molecule has 1 N–H and O–H groups in total. The van der Waals surface area contributed by atoms with Crippen molar-refractivity contribution >= 4 is 23.2 Å². The Morgan fingerprint density at radius 3 is 2.26 bits per heavy atom. The third kappa shape index (κ3) is 3.88. The molecular weight excluding hydrogens is 362 g/mol. The van der Waals surface area contributed by atoms with Crippen LogP contribution in [0.4, 0.5) is 5.69 Å². The van der Waals surface area contributed by atoms with Gasteiger partial charge in [-0.3, -0.25) is 4.79 Å². The molecule has 3 aromatic carbocycles. The van der Waals surface area contributed by atoms with Crippen LogP contribution in [0.3, 0.4) is 0 Å². The number of halogens is 1. The first-order valence-electron chi connectivity index (χ1n) is 8.25. The summed E-state index contributed by atoms with van der Waals surface area (Å²) in [4.78, 5) is 16.7. The Morgan fingerprint density at radius 2 is 1.56 bits per heavy atom. The van der Waals surface area contributed by atoms with Gasteiger partial charge in [-0.15, -0.1) is 0 Å². The third-order valence-electron chi connectivity index (χ3n) is 3.95. The summed E-state index contributed by atoms with van der Waals surface area (Å²) in [5.74, 6) is 0.749. The summed E-state index contributed by atoms with van der Waals surface area (Å²) in [6.45, 7) is 0. The van der Waals surface area contributed by atoms with Gasteiger partial charge < -0.3 is 9.84 Å². The molecule has 0 aliphatic rings. The van der Waals surface area contributed by atoms with Crippen molar-refractivity contribution in [3.05, 3.63) is 89.4 Å². The summed E-state index contributed by atoms with van der Waals surface area (Å²) in [5.41, 5.74) is 2.86. The lowest BCUT2D eigenvalue weighted by molar-refractivity contribution is 0.102. The van der Waals surface area contributed by atoms with Gasteiger partial charge in [0.05, 0.1) is 0 Å². The second-order valence-corrected chi connectivity index (χ2v) is 6.26. The van der Waals surface area contributed by atoms with Crippen LogP contribution >= 0.6 is 11.6 Å². The molecule has 4 rings (SSSR count). The lowest BCUT2D eigenvalue weighted by atomic mass is 10.1. The number of hydrogen-bond donors (Lipinski definition) is 1. The molecule has 1 aromatic heterocycles. The lowest BCUT2D eigenvalue weighted by Crippen LogP contribution is -2.11. The van der Waals surface area contributed by atoms with Crippen LogP contribution in [0.25, 0.3) is 22.8 Å². The second kappa shape index (κ2) is 7.43. The fourth-order valence-electron chi connectivity index (χ4n) is 2.55. The number of benzene rings is 3. The molecule has 0 saturated heterocycles. The van der Waals surface area contributed by atoms with Crippen molar-refractivity contribution in [3.63, 3.8) is 0 Å². The Morgan fingerprint density at radius 1 is 0.852 bits per heavy atom.